The highest BCUT2D eigenvalue weighted by Gasteiger charge is 2.37. The van der Waals surface area contributed by atoms with Gasteiger partial charge in [0.1, 0.15) is 5.75 Å². The normalized spacial score (nSPS) is 20.9. The maximum absolute atomic E-state index is 14.0. The zero-order chi connectivity index (χ0) is 36.3. The largest absolute Gasteiger partial charge is 0.507 e. The third kappa shape index (κ3) is 8.62. The van der Waals surface area contributed by atoms with Crippen molar-refractivity contribution in [2.24, 2.45) is 0 Å². The topological polar surface area (TPSA) is 146 Å². The molecule has 2 N–H and O–H groups in total. The van der Waals surface area contributed by atoms with Crippen LogP contribution in [-0.4, -0.2) is 151 Å². The molecule has 0 bridgehead atoms. The van der Waals surface area contributed by atoms with Gasteiger partial charge in [0.05, 0.1) is 4.47 Å². The number of ether oxygens (including phenoxy) is 1. The number of likely N-dealkylation sites (tertiary alicyclic amines) is 2. The second kappa shape index (κ2) is 16.1. The predicted molar refractivity (Wildman–Crippen MR) is 196 cm³/mol. The molecule has 0 spiro atoms. The van der Waals surface area contributed by atoms with Crippen LogP contribution < -0.4 is 5.32 Å². The molecule has 3 saturated heterocycles. The monoisotopic (exact) mass is 789 g/mol. The lowest BCUT2D eigenvalue weighted by Gasteiger charge is -2.43. The van der Waals surface area contributed by atoms with Gasteiger partial charge in [-0.3, -0.25) is 9.69 Å². The molecule has 4 aliphatic rings. The lowest BCUT2D eigenvalue weighted by molar-refractivity contribution is -0.142. The van der Waals surface area contributed by atoms with E-state index in [1.165, 1.54) is 8.61 Å². The van der Waals surface area contributed by atoms with E-state index in [1.807, 2.05) is 29.2 Å². The molecule has 0 radical (unpaired) electrons. The number of carbonyl (C=O) groups excluding carboxylic acids is 3. The van der Waals surface area contributed by atoms with E-state index in [-0.39, 0.29) is 36.2 Å². The number of aromatic hydroxyl groups is 1. The number of amides is 4. The lowest BCUT2D eigenvalue weighted by atomic mass is 10.0. The summed E-state index contributed by atoms with van der Waals surface area (Å²) in [4.78, 5) is 48.3. The van der Waals surface area contributed by atoms with Gasteiger partial charge in [-0.05, 0) is 77.4 Å². The van der Waals surface area contributed by atoms with Crippen LogP contribution in [0, 0.1) is 0 Å². The van der Waals surface area contributed by atoms with Crippen molar-refractivity contribution >= 4 is 49.9 Å². The highest BCUT2D eigenvalue weighted by Crippen LogP contribution is 2.28. The fraction of sp³-hybridized carbons (Fsp3) is 0.571. The summed E-state index contributed by atoms with van der Waals surface area (Å²) in [5.41, 5.74) is 2.67. The summed E-state index contributed by atoms with van der Waals surface area (Å²) >= 11 is 3.35. The molecule has 3 fully saturated rings. The number of phenolic OH excluding ortho intramolecular Hbond substituents is 1. The fourth-order valence-corrected chi connectivity index (χ4v) is 9.06. The molecule has 4 amide bonds. The van der Waals surface area contributed by atoms with Gasteiger partial charge >= 0.3 is 12.1 Å². The maximum atomic E-state index is 14.0. The first-order valence-electron chi connectivity index (χ1n) is 17.7. The zero-order valence-corrected chi connectivity index (χ0v) is 31.6. The van der Waals surface area contributed by atoms with Gasteiger partial charge in [0.25, 0.3) is 16.1 Å². The summed E-state index contributed by atoms with van der Waals surface area (Å²) in [6, 6.07) is 12.9. The van der Waals surface area contributed by atoms with Crippen molar-refractivity contribution in [1.29, 1.82) is 0 Å². The molecule has 16 heteroatoms. The minimum atomic E-state index is -3.45. The molecule has 0 unspecified atom stereocenters. The number of hydrogen-bond acceptors (Lipinski definition) is 8. The van der Waals surface area contributed by atoms with Crippen molar-refractivity contribution in [3.05, 3.63) is 58.1 Å². The number of hydrogen-bond donors (Lipinski definition) is 2. The van der Waals surface area contributed by atoms with Crippen LogP contribution in [0.15, 0.2) is 46.9 Å². The first-order valence-corrected chi connectivity index (χ1v) is 19.9. The van der Waals surface area contributed by atoms with Crippen LogP contribution in [0.25, 0.3) is 0 Å². The number of benzene rings is 2. The van der Waals surface area contributed by atoms with Crippen molar-refractivity contribution in [2.75, 3.05) is 78.3 Å². The van der Waals surface area contributed by atoms with Crippen LogP contribution >= 0.6 is 15.9 Å². The van der Waals surface area contributed by atoms with E-state index in [2.05, 4.69) is 26.1 Å². The van der Waals surface area contributed by atoms with Crippen LogP contribution in [0.2, 0.25) is 0 Å². The molecule has 14 nitrogen and oxygen atoms in total. The first kappa shape index (κ1) is 37.3. The Morgan fingerprint density at radius 1 is 0.922 bits per heavy atom. The van der Waals surface area contributed by atoms with Crippen molar-refractivity contribution in [3.8, 4) is 5.75 Å². The van der Waals surface area contributed by atoms with Crippen LogP contribution in [0.3, 0.4) is 0 Å². The van der Waals surface area contributed by atoms with Crippen LogP contribution in [-0.2, 0) is 32.6 Å². The number of fused-ring (bicyclic) bond motifs is 1. The summed E-state index contributed by atoms with van der Waals surface area (Å²) in [6.45, 7) is 4.53. The highest BCUT2D eigenvalue weighted by atomic mass is 79.9. The number of rotatable bonds is 8. The Hall–Kier alpha value is -3.44. The second-order valence-electron chi connectivity index (χ2n) is 13.9. The Morgan fingerprint density at radius 3 is 2.24 bits per heavy atom. The van der Waals surface area contributed by atoms with E-state index >= 15 is 0 Å². The second-order valence-corrected chi connectivity index (χ2v) is 16.9. The first-order chi connectivity index (χ1) is 24.4. The molecule has 6 rings (SSSR count). The van der Waals surface area contributed by atoms with E-state index in [9.17, 15) is 27.9 Å². The van der Waals surface area contributed by atoms with Gasteiger partial charge in [-0.25, -0.2) is 9.59 Å². The molecule has 2 aromatic rings. The number of urea groups is 1. The number of anilines is 1. The fourth-order valence-electron chi connectivity index (χ4n) is 7.55. The Morgan fingerprint density at radius 2 is 1.57 bits per heavy atom. The van der Waals surface area contributed by atoms with Gasteiger partial charge in [-0.15, -0.1) is 0 Å². The lowest BCUT2D eigenvalue weighted by Crippen LogP contribution is -2.57. The highest BCUT2D eigenvalue weighted by molar-refractivity contribution is 9.10. The molecule has 51 heavy (non-hydrogen) atoms. The molecule has 0 aromatic heterocycles. The molecule has 0 saturated carbocycles. The zero-order valence-electron chi connectivity index (χ0n) is 29.2. The number of halogens is 1. The third-order valence-corrected chi connectivity index (χ3v) is 13.2. The molecule has 1 atom stereocenters. The van der Waals surface area contributed by atoms with Gasteiger partial charge < -0.3 is 29.9 Å². The number of nitrogens with one attached hydrogen (secondary N) is 1. The average Bonchev–Trinajstić information content (AvgIpc) is 3.30. The number of phenols is 1. The minimum Gasteiger partial charge on any atom is -0.507 e. The average molecular weight is 791 g/mol. The number of piperazine rings is 1. The van der Waals surface area contributed by atoms with Gasteiger partial charge in [-0.2, -0.15) is 17.0 Å². The van der Waals surface area contributed by atoms with E-state index in [1.54, 1.807) is 42.1 Å². The SMILES string of the molecule is CN(C)S(=O)(=O)N1CCN(C2CCN(C(=O)[C@@H](Cc3ccc(O)c(Br)c3)OC(=O)N3CCC(N4CCc5ccccc5NC4=O)CC3)CC2)CC1. The molecular weight excluding hydrogens is 742 g/mol. The Kier molecular flexibility index (Phi) is 11.8. The van der Waals surface area contributed by atoms with Gasteiger partial charge in [-0.1, -0.05) is 24.3 Å². The third-order valence-electron chi connectivity index (χ3n) is 10.6. The molecule has 278 valence electrons. The Labute approximate surface area is 308 Å². The van der Waals surface area contributed by atoms with Gasteiger partial charge in [0.15, 0.2) is 6.10 Å². The van der Waals surface area contributed by atoms with E-state index < -0.39 is 22.4 Å². The molecule has 0 aliphatic carbocycles. The Bertz CT molecular complexity index is 1690. The number of carbonyl (C=O) groups is 3. The Balaban J connectivity index is 1.05. The molecule has 4 aliphatic heterocycles. The summed E-state index contributed by atoms with van der Waals surface area (Å²) < 4.78 is 34.3. The van der Waals surface area contributed by atoms with E-state index in [0.29, 0.717) is 76.2 Å². The summed E-state index contributed by atoms with van der Waals surface area (Å²) in [5.74, 6) is -0.186. The van der Waals surface area contributed by atoms with E-state index in [0.717, 1.165) is 36.1 Å². The molecule has 4 heterocycles. The van der Waals surface area contributed by atoms with Crippen molar-refractivity contribution in [1.82, 2.24) is 28.2 Å². The summed E-state index contributed by atoms with van der Waals surface area (Å²) in [5, 5.41) is 13.1. The van der Waals surface area contributed by atoms with Crippen molar-refractivity contribution in [2.45, 2.75) is 56.7 Å². The molecule has 2 aromatic carbocycles. The number of piperidine rings is 2. The summed E-state index contributed by atoms with van der Waals surface area (Å²) in [6.07, 6.45) is 1.97. The summed E-state index contributed by atoms with van der Waals surface area (Å²) in [7, 11) is -0.365. The molecular formula is C35H48BrN7O7S. The van der Waals surface area contributed by atoms with Crippen molar-refractivity contribution < 1.29 is 32.6 Å². The van der Waals surface area contributed by atoms with Crippen molar-refractivity contribution in [3.63, 3.8) is 0 Å². The van der Waals surface area contributed by atoms with Crippen LogP contribution in [0.5, 0.6) is 5.75 Å². The van der Waals surface area contributed by atoms with Crippen LogP contribution in [0.1, 0.15) is 36.8 Å². The standard InChI is InChI=1S/C35H48BrN7O7S/c1-38(2)51(48,49)42-21-19-39(20-22-42)27-10-14-40(15-11-27)33(45)32(24-25-7-8-31(44)29(36)23-25)50-35(47)41-16-12-28(13-17-41)43-18-9-26-5-3-4-6-30(26)37-34(43)46/h3-8,23,27-28,32,44H,9-22,24H2,1-2H3,(H,37,46)/t32-/m1/s1. The van der Waals surface area contributed by atoms with Crippen LogP contribution in [0.4, 0.5) is 15.3 Å². The minimum absolute atomic E-state index is 0.0169. The quantitative estimate of drug-likeness (QED) is 0.415. The van der Waals surface area contributed by atoms with Gasteiger partial charge in [0.2, 0.25) is 0 Å². The van der Waals surface area contributed by atoms with Gasteiger partial charge in [0, 0.05) is 97.2 Å². The smallest absolute Gasteiger partial charge is 0.410 e. The van der Waals surface area contributed by atoms with E-state index in [4.69, 9.17) is 4.74 Å². The number of nitrogens with zero attached hydrogens (tertiary/aromatic N) is 6. The predicted octanol–water partition coefficient (Wildman–Crippen LogP) is 3.17. The number of para-hydroxylation sites is 1. The maximum Gasteiger partial charge on any atom is 0.410 e.